The molecule has 3 aromatic carbocycles. The molecule has 1 unspecified atom stereocenters. The zero-order chi connectivity index (χ0) is 28.4. The summed E-state index contributed by atoms with van der Waals surface area (Å²) in [6.45, 7) is -14.2. The van der Waals surface area contributed by atoms with E-state index in [2.05, 4.69) is 0 Å². The Balaban J connectivity index is 2.02. The van der Waals surface area contributed by atoms with Gasteiger partial charge < -0.3 is 19.7 Å². The molecular weight excluding hydrogens is 396 g/mol. The molecule has 4 nitrogen and oxygen atoms in total. The number of nitrogens with zero attached hydrogens (tertiary/aromatic N) is 2. The van der Waals surface area contributed by atoms with Crippen molar-refractivity contribution < 1.29 is 20.3 Å². The van der Waals surface area contributed by atoms with Gasteiger partial charge in [0.2, 0.25) is 0 Å². The summed E-state index contributed by atoms with van der Waals surface area (Å²) in [5, 5.41) is 29.6. The van der Waals surface area contributed by atoms with Gasteiger partial charge in [-0.3, -0.25) is 0 Å². The lowest BCUT2D eigenvalue weighted by atomic mass is 9.95. The van der Waals surface area contributed by atoms with Gasteiger partial charge in [0.05, 0.1) is 11.0 Å². The van der Waals surface area contributed by atoms with Gasteiger partial charge in [-0.1, -0.05) is 83.9 Å². The van der Waals surface area contributed by atoms with E-state index in [9.17, 15) is 10.4 Å². The average molecular weight is 431 g/mol. The molecule has 1 atom stereocenters. The number of halogens is 1. The molecule has 0 aliphatic carbocycles. The van der Waals surface area contributed by atoms with E-state index < -0.39 is 47.9 Å². The number of quaternary nitrogens is 2. The van der Waals surface area contributed by atoms with Gasteiger partial charge in [-0.15, -0.1) is 0 Å². The highest BCUT2D eigenvalue weighted by atomic mass is 35.5. The fourth-order valence-electron chi connectivity index (χ4n) is 3.53. The smallest absolute Gasteiger partial charge is 0.140 e. The van der Waals surface area contributed by atoms with Crippen molar-refractivity contribution >= 4 is 11.6 Å². The van der Waals surface area contributed by atoms with E-state index in [1.165, 1.54) is 48.5 Å². The summed E-state index contributed by atoms with van der Waals surface area (Å²) in [4.78, 5) is 0. The number of hydrogen-bond acceptors (Lipinski definition) is 2. The quantitative estimate of drug-likeness (QED) is 0.391. The maximum Gasteiger partial charge on any atom is 0.140 e. The molecule has 1 aliphatic rings. The summed E-state index contributed by atoms with van der Waals surface area (Å²) < 4.78 is 65.1. The van der Waals surface area contributed by atoms with Crippen LogP contribution >= 0.6 is 11.6 Å². The maximum absolute atomic E-state index is 15.0. The van der Waals surface area contributed by atoms with E-state index in [0.29, 0.717) is 10.6 Å². The van der Waals surface area contributed by atoms with Crippen LogP contribution in [0, 0.1) is 17.3 Å². The van der Waals surface area contributed by atoms with Crippen LogP contribution in [0.2, 0.25) is 5.02 Å². The van der Waals surface area contributed by atoms with Gasteiger partial charge >= 0.3 is 0 Å². The molecule has 1 saturated heterocycles. The minimum Gasteiger partial charge on any atom is -0.632 e. The largest absolute Gasteiger partial charge is 0.632 e. The Hall–Kier alpha value is -2.21. The highest BCUT2D eigenvalue weighted by Crippen LogP contribution is 2.37. The number of hydroxylamine groups is 6. The monoisotopic (exact) mass is 430 g/mol. The predicted molar refractivity (Wildman–Crippen MR) is 121 cm³/mol. The molecule has 5 heteroatoms. The van der Waals surface area contributed by atoms with Crippen molar-refractivity contribution in [1.82, 2.24) is 0 Å². The Morgan fingerprint density at radius 3 is 2.13 bits per heavy atom. The normalized spacial score (nSPS) is 35.7. The number of aryl methyl sites for hydroxylation is 1. The molecule has 1 heterocycles. The maximum atomic E-state index is 15.0. The minimum absolute atomic E-state index is 0.0829. The van der Waals surface area contributed by atoms with Crippen molar-refractivity contribution in [2.24, 2.45) is 0 Å². The van der Waals surface area contributed by atoms with Gasteiger partial charge in [0.1, 0.15) is 38.6 Å². The summed E-state index contributed by atoms with van der Waals surface area (Å²) in [6, 6.07) is 17.7. The molecule has 156 valence electrons. The third-order valence-electron chi connectivity index (χ3n) is 4.95. The lowest BCUT2D eigenvalue weighted by Gasteiger charge is -2.57. The first-order valence-corrected chi connectivity index (χ1v) is 9.89. The summed E-state index contributed by atoms with van der Waals surface area (Å²) in [5.74, 6) is 0. The Bertz CT molecular complexity index is 1290. The lowest BCUT2D eigenvalue weighted by Crippen LogP contribution is -2.63. The van der Waals surface area contributed by atoms with E-state index in [0.717, 1.165) is 0 Å². The van der Waals surface area contributed by atoms with Crippen LogP contribution in [-0.2, 0) is 6.54 Å². The van der Waals surface area contributed by atoms with Crippen molar-refractivity contribution in [3.8, 4) is 0 Å². The van der Waals surface area contributed by atoms with E-state index >= 15 is 0 Å². The molecule has 30 heavy (non-hydrogen) atoms. The average Bonchev–Trinajstić information content (AvgIpc) is 2.84. The van der Waals surface area contributed by atoms with Gasteiger partial charge in [-0.2, -0.15) is 0 Å². The van der Waals surface area contributed by atoms with Crippen LogP contribution in [0.5, 0.6) is 0 Å². The summed E-state index contributed by atoms with van der Waals surface area (Å²) in [5.41, 5.74) is 1.08. The van der Waals surface area contributed by atoms with Crippen LogP contribution in [0.4, 0.5) is 0 Å². The van der Waals surface area contributed by atoms with Gasteiger partial charge in [0, 0.05) is 21.7 Å². The molecule has 3 aromatic rings. The molecule has 0 spiro atoms. The molecule has 0 saturated carbocycles. The summed E-state index contributed by atoms with van der Waals surface area (Å²) in [7, 11) is 0. The number of hydrogen-bond donors (Lipinski definition) is 0. The van der Waals surface area contributed by atoms with Gasteiger partial charge in [0.25, 0.3) is 0 Å². The standard InChI is InChI=1S/C25H27ClN2O2/c1-20-6-5-7-21(18-20)19-27(29)14-16-28(30,17-15-27)25(22-8-3-2-4-9-22)23-10-12-24(26)13-11-23/h2-13,18,25H,14-17,19H2,1H3/i14D2,15D2,16D2,17D2. The summed E-state index contributed by atoms with van der Waals surface area (Å²) >= 11 is 6.02. The first-order chi connectivity index (χ1) is 17.5. The summed E-state index contributed by atoms with van der Waals surface area (Å²) in [6.07, 6.45) is 0. The second kappa shape index (κ2) is 8.50. The van der Waals surface area contributed by atoms with Gasteiger partial charge in [-0.25, -0.2) is 0 Å². The molecule has 1 aliphatic heterocycles. The van der Waals surface area contributed by atoms with E-state index in [1.54, 1.807) is 37.3 Å². The van der Waals surface area contributed by atoms with E-state index in [1.807, 2.05) is 0 Å². The Morgan fingerprint density at radius 2 is 1.50 bits per heavy atom. The number of benzene rings is 3. The van der Waals surface area contributed by atoms with Crippen LogP contribution in [-0.4, -0.2) is 35.3 Å². The first kappa shape index (κ1) is 13.3. The molecule has 0 amide bonds. The highest BCUT2D eigenvalue weighted by Gasteiger charge is 2.39. The molecule has 4 rings (SSSR count). The van der Waals surface area contributed by atoms with Crippen molar-refractivity contribution in [2.45, 2.75) is 19.5 Å². The zero-order valence-corrected chi connectivity index (χ0v) is 17.1. The van der Waals surface area contributed by atoms with Crippen LogP contribution < -0.4 is 0 Å². The van der Waals surface area contributed by atoms with Crippen molar-refractivity contribution in [3.63, 3.8) is 0 Å². The fourth-order valence-corrected chi connectivity index (χ4v) is 3.66. The van der Waals surface area contributed by atoms with Gasteiger partial charge in [0.15, 0.2) is 0 Å². The second-order valence-electron chi connectivity index (χ2n) is 7.36. The highest BCUT2D eigenvalue weighted by molar-refractivity contribution is 6.30. The van der Waals surface area contributed by atoms with Crippen molar-refractivity contribution in [1.29, 1.82) is 0 Å². The third kappa shape index (κ3) is 4.59. The van der Waals surface area contributed by atoms with Crippen molar-refractivity contribution in [2.75, 3.05) is 26.0 Å². The number of piperazine rings is 1. The Labute approximate surface area is 194 Å². The SMILES string of the molecule is [2H]C1([2H])C([2H])([2H])[N+]([O-])(C(c2ccccc2)c2ccc(Cl)cc2)C([2H])([2H])C([2H])([2H])[N+]1([O-])Cc1cccc(C)c1. The zero-order valence-electron chi connectivity index (χ0n) is 24.4. The van der Waals surface area contributed by atoms with E-state index in [-0.39, 0.29) is 16.7 Å². The lowest BCUT2D eigenvalue weighted by molar-refractivity contribution is -1.01. The topological polar surface area (TPSA) is 46.1 Å². The van der Waals surface area contributed by atoms with Crippen LogP contribution in [0.25, 0.3) is 0 Å². The van der Waals surface area contributed by atoms with Crippen LogP contribution in [0.1, 0.15) is 39.3 Å². The van der Waals surface area contributed by atoms with Gasteiger partial charge in [-0.05, 0) is 19.1 Å². The molecule has 0 N–H and O–H groups in total. The predicted octanol–water partition coefficient (Wildman–Crippen LogP) is 5.58. The van der Waals surface area contributed by atoms with E-state index in [4.69, 9.17) is 22.6 Å². The Kier molecular flexibility index (Phi) is 3.75. The second-order valence-corrected chi connectivity index (χ2v) is 7.79. The third-order valence-corrected chi connectivity index (χ3v) is 5.20. The molecule has 1 fully saturated rings. The molecular formula is C25H27ClN2O2. The fraction of sp³-hybridized carbons (Fsp3) is 0.280. The van der Waals surface area contributed by atoms with Crippen LogP contribution in [0.3, 0.4) is 0 Å². The minimum atomic E-state index is -3.77. The Morgan fingerprint density at radius 1 is 0.867 bits per heavy atom. The first-order valence-electron chi connectivity index (χ1n) is 13.5. The number of rotatable bonds is 5. The molecule has 0 bridgehead atoms. The van der Waals surface area contributed by atoms with Crippen LogP contribution in [0.15, 0.2) is 78.9 Å². The van der Waals surface area contributed by atoms with Crippen molar-refractivity contribution in [3.05, 3.63) is 117 Å². The molecule has 0 aromatic heterocycles. The molecule has 0 radical (unpaired) electrons.